The molecule has 1 aliphatic heterocycles. The minimum Gasteiger partial charge on any atom is -0.509 e. The van der Waals surface area contributed by atoms with E-state index in [1.54, 1.807) is 0 Å². The fourth-order valence-electron chi connectivity index (χ4n) is 7.81. The summed E-state index contributed by atoms with van der Waals surface area (Å²) in [5.74, 6) is 2.77. The van der Waals surface area contributed by atoms with Crippen LogP contribution in [0.25, 0.3) is 27.6 Å². The summed E-state index contributed by atoms with van der Waals surface area (Å²) < 4.78 is 8.73. The normalized spacial score (nSPS) is 14.8. The van der Waals surface area contributed by atoms with Crippen LogP contribution in [0.2, 0.25) is 0 Å². The standard InChI is InChI=1S/C46H41N4O.Pt/c1-46(2,3)34-25-26-47-45(28-34)50-41-20-8-7-19-39(41)40-24-23-38(30-44(40)50)51-37-18-12-17-36(29-37)49-31-48(42-21-9-10-22-43(42)49)35-16-11-15-33(27-35)32-13-5-4-6-14-32;/h7-12,15-28,31-32H,4-6,13-14H2,1-3H3;/q-3;. The number of nitrogens with zero attached hydrogens (tertiary/aromatic N) is 4. The molecule has 1 aliphatic carbocycles. The second-order valence-electron chi connectivity index (χ2n) is 14.9. The molecule has 2 aromatic heterocycles. The summed E-state index contributed by atoms with van der Waals surface area (Å²) in [4.78, 5) is 9.32. The molecule has 2 aliphatic rings. The van der Waals surface area contributed by atoms with Gasteiger partial charge in [0.05, 0.1) is 0 Å². The topological polar surface area (TPSA) is 33.5 Å². The van der Waals surface area contributed by atoms with Crippen LogP contribution in [0.15, 0.2) is 121 Å². The molecule has 0 N–H and O–H groups in total. The second kappa shape index (κ2) is 13.9. The predicted octanol–water partition coefficient (Wildman–Crippen LogP) is 12.3. The van der Waals surface area contributed by atoms with Crippen LogP contribution in [0.5, 0.6) is 11.5 Å². The maximum absolute atomic E-state index is 6.53. The van der Waals surface area contributed by atoms with Crippen LogP contribution < -0.4 is 14.5 Å². The second-order valence-corrected chi connectivity index (χ2v) is 14.9. The van der Waals surface area contributed by atoms with Crippen molar-refractivity contribution < 1.29 is 25.8 Å². The van der Waals surface area contributed by atoms with E-state index in [1.807, 2.05) is 24.4 Å². The van der Waals surface area contributed by atoms with Crippen molar-refractivity contribution in [3.8, 4) is 17.3 Å². The first kappa shape index (κ1) is 34.2. The van der Waals surface area contributed by atoms with Crippen molar-refractivity contribution in [1.29, 1.82) is 0 Å². The first-order chi connectivity index (χ1) is 24.9. The van der Waals surface area contributed by atoms with Gasteiger partial charge < -0.3 is 19.1 Å². The summed E-state index contributed by atoms with van der Waals surface area (Å²) in [5, 5.41) is 2.26. The van der Waals surface area contributed by atoms with Gasteiger partial charge in [0.15, 0.2) is 0 Å². The molecule has 0 atom stereocenters. The van der Waals surface area contributed by atoms with Crippen molar-refractivity contribution in [3.63, 3.8) is 0 Å². The van der Waals surface area contributed by atoms with E-state index in [0.29, 0.717) is 17.4 Å². The van der Waals surface area contributed by atoms with Crippen LogP contribution in [-0.4, -0.2) is 9.55 Å². The molecule has 52 heavy (non-hydrogen) atoms. The van der Waals surface area contributed by atoms with E-state index in [0.717, 1.165) is 44.7 Å². The maximum atomic E-state index is 6.53. The third-order valence-corrected chi connectivity index (χ3v) is 10.5. The van der Waals surface area contributed by atoms with Gasteiger partial charge in [-0.3, -0.25) is 0 Å². The Bertz CT molecular complexity index is 2390. The quantitative estimate of drug-likeness (QED) is 0.156. The van der Waals surface area contributed by atoms with Crippen LogP contribution in [0.4, 0.5) is 22.7 Å². The van der Waals surface area contributed by atoms with Crippen molar-refractivity contribution >= 4 is 44.6 Å². The van der Waals surface area contributed by atoms with Crippen LogP contribution in [0.1, 0.15) is 69.9 Å². The minimum atomic E-state index is -0.00141. The van der Waals surface area contributed by atoms with Crippen LogP contribution in [0, 0.1) is 18.8 Å². The first-order valence-corrected chi connectivity index (χ1v) is 18.2. The minimum absolute atomic E-state index is 0. The van der Waals surface area contributed by atoms with E-state index in [2.05, 4.69) is 151 Å². The van der Waals surface area contributed by atoms with Gasteiger partial charge in [-0.1, -0.05) is 88.0 Å². The number of aromatic nitrogens is 2. The molecule has 5 nitrogen and oxygen atoms in total. The molecule has 0 unspecified atom stereocenters. The molecule has 7 aromatic rings. The zero-order valence-electron chi connectivity index (χ0n) is 29.8. The summed E-state index contributed by atoms with van der Waals surface area (Å²) in [6.45, 7) is 8.86. The number of fused-ring (bicyclic) bond motifs is 4. The molecule has 1 fully saturated rings. The van der Waals surface area contributed by atoms with E-state index < -0.39 is 0 Å². The zero-order chi connectivity index (χ0) is 34.5. The zero-order valence-corrected chi connectivity index (χ0v) is 32.0. The Morgan fingerprint density at radius 1 is 0.712 bits per heavy atom. The summed E-state index contributed by atoms with van der Waals surface area (Å²) in [5.41, 5.74) is 9.03. The van der Waals surface area contributed by atoms with Crippen molar-refractivity contribution in [1.82, 2.24) is 9.55 Å². The van der Waals surface area contributed by atoms with Crippen molar-refractivity contribution in [2.45, 2.75) is 64.2 Å². The molecule has 9 rings (SSSR count). The molecule has 264 valence electrons. The monoisotopic (exact) mass is 860 g/mol. The van der Waals surface area contributed by atoms with Gasteiger partial charge in [-0.25, -0.2) is 4.98 Å². The molecule has 5 aromatic carbocycles. The van der Waals surface area contributed by atoms with Gasteiger partial charge in [-0.05, 0) is 83.2 Å². The third kappa shape index (κ3) is 6.30. The number of rotatable bonds is 6. The molecule has 0 spiro atoms. The summed E-state index contributed by atoms with van der Waals surface area (Å²) in [6, 6.07) is 47.8. The van der Waals surface area contributed by atoms with E-state index in [4.69, 9.17) is 9.72 Å². The van der Waals surface area contributed by atoms with Crippen molar-refractivity contribution in [2.24, 2.45) is 0 Å². The smallest absolute Gasteiger partial charge is 0.135 e. The molecule has 0 radical (unpaired) electrons. The first-order valence-electron chi connectivity index (χ1n) is 18.2. The number of hydrogen-bond acceptors (Lipinski definition) is 4. The number of hydrogen-bond donors (Lipinski definition) is 0. The van der Waals surface area contributed by atoms with Gasteiger partial charge in [-0.15, -0.1) is 48.1 Å². The largest absolute Gasteiger partial charge is 0.509 e. The molecular weight excluding hydrogens is 820 g/mol. The Balaban J connectivity index is 0.00000387. The Morgan fingerprint density at radius 3 is 2.29 bits per heavy atom. The number of ether oxygens (including phenoxy) is 1. The van der Waals surface area contributed by atoms with Crippen LogP contribution >= 0.6 is 0 Å². The Morgan fingerprint density at radius 2 is 1.46 bits per heavy atom. The molecule has 0 saturated heterocycles. The fourth-order valence-corrected chi connectivity index (χ4v) is 7.81. The van der Waals surface area contributed by atoms with Crippen LogP contribution in [-0.2, 0) is 26.5 Å². The summed E-state index contributed by atoms with van der Waals surface area (Å²) in [7, 11) is 0. The molecule has 0 amide bonds. The summed E-state index contributed by atoms with van der Waals surface area (Å²) >= 11 is 0. The Labute approximate surface area is 321 Å². The average molecular weight is 861 g/mol. The van der Waals surface area contributed by atoms with Gasteiger partial charge in [0, 0.05) is 61.3 Å². The number of pyridine rings is 1. The maximum Gasteiger partial charge on any atom is 0.135 e. The molecular formula is C46H41N4OPt-3. The Hall–Kier alpha value is -4.86. The third-order valence-electron chi connectivity index (χ3n) is 10.5. The van der Waals surface area contributed by atoms with Crippen LogP contribution in [0.3, 0.4) is 0 Å². The molecule has 3 heterocycles. The van der Waals surface area contributed by atoms with E-state index in [9.17, 15) is 0 Å². The number of para-hydroxylation sites is 3. The predicted molar refractivity (Wildman–Crippen MR) is 209 cm³/mol. The average Bonchev–Trinajstić information content (AvgIpc) is 3.71. The van der Waals surface area contributed by atoms with Crippen molar-refractivity contribution in [2.75, 3.05) is 9.80 Å². The van der Waals surface area contributed by atoms with Gasteiger partial charge in [0.1, 0.15) is 5.82 Å². The van der Waals surface area contributed by atoms with Gasteiger partial charge >= 0.3 is 0 Å². The van der Waals surface area contributed by atoms with Gasteiger partial charge in [0.2, 0.25) is 0 Å². The molecule has 1 saturated carbocycles. The molecule has 0 bridgehead atoms. The van der Waals surface area contributed by atoms with E-state index in [-0.39, 0.29) is 26.5 Å². The van der Waals surface area contributed by atoms with Crippen molar-refractivity contribution in [3.05, 3.63) is 151 Å². The van der Waals surface area contributed by atoms with E-state index in [1.165, 1.54) is 48.9 Å². The fraction of sp³-hybridized carbons (Fsp3) is 0.217. The summed E-state index contributed by atoms with van der Waals surface area (Å²) in [6.07, 6.45) is 8.48. The SMILES string of the molecule is CC(C)(C)c1ccnc(-n2c3[c-]c(Oc4[c-]c(N5[CH-]N(c6cccc(C7CCCCC7)c6)c6ccccc65)ccc4)ccc3c3ccccc32)c1.[Pt]. The number of benzene rings is 5. The van der Waals surface area contributed by atoms with E-state index >= 15 is 0 Å². The van der Waals surface area contributed by atoms with Gasteiger partial charge in [0.25, 0.3) is 0 Å². The Kier molecular flexibility index (Phi) is 9.17. The number of anilines is 4. The van der Waals surface area contributed by atoms with Gasteiger partial charge in [-0.2, -0.15) is 12.1 Å². The molecule has 6 heteroatoms.